The SMILES string of the molecule is CCc1nnsc1C(=O)OCC(=O)Nc1sccc1C(N)=O. The third-order valence-corrected chi connectivity index (χ3v) is 4.17. The number of carbonyl (C=O) groups is 3. The zero-order chi connectivity index (χ0) is 16.1. The summed E-state index contributed by atoms with van der Waals surface area (Å²) >= 11 is 2.07. The number of nitrogens with one attached hydrogen (secondary N) is 1. The maximum Gasteiger partial charge on any atom is 0.352 e. The van der Waals surface area contributed by atoms with E-state index in [0.29, 0.717) is 17.1 Å². The van der Waals surface area contributed by atoms with Crippen LogP contribution in [0, 0.1) is 0 Å². The van der Waals surface area contributed by atoms with Crippen LogP contribution in [0.4, 0.5) is 5.00 Å². The molecule has 116 valence electrons. The van der Waals surface area contributed by atoms with E-state index >= 15 is 0 Å². The molecule has 0 bridgehead atoms. The molecule has 0 aliphatic carbocycles. The number of ether oxygens (including phenoxy) is 1. The van der Waals surface area contributed by atoms with E-state index in [4.69, 9.17) is 10.5 Å². The molecular weight excluding hydrogens is 328 g/mol. The van der Waals surface area contributed by atoms with Crippen molar-refractivity contribution in [3.8, 4) is 0 Å². The summed E-state index contributed by atoms with van der Waals surface area (Å²) in [5, 5.41) is 8.21. The molecule has 0 radical (unpaired) electrons. The number of amides is 2. The highest BCUT2D eigenvalue weighted by Crippen LogP contribution is 2.22. The number of nitrogens with zero attached hydrogens (tertiary/aromatic N) is 2. The number of thiophene rings is 1. The molecule has 22 heavy (non-hydrogen) atoms. The number of aryl methyl sites for hydroxylation is 1. The van der Waals surface area contributed by atoms with Crippen molar-refractivity contribution in [2.24, 2.45) is 5.73 Å². The van der Waals surface area contributed by atoms with Gasteiger partial charge in [-0.3, -0.25) is 9.59 Å². The Kier molecular flexibility index (Phi) is 5.17. The van der Waals surface area contributed by atoms with Crippen LogP contribution < -0.4 is 11.1 Å². The van der Waals surface area contributed by atoms with Crippen molar-refractivity contribution in [1.82, 2.24) is 9.59 Å². The largest absolute Gasteiger partial charge is 0.451 e. The third kappa shape index (κ3) is 3.65. The molecule has 2 aromatic rings. The van der Waals surface area contributed by atoms with Crippen molar-refractivity contribution >= 4 is 45.7 Å². The van der Waals surface area contributed by atoms with Gasteiger partial charge >= 0.3 is 5.97 Å². The molecule has 10 heteroatoms. The molecule has 0 aromatic carbocycles. The van der Waals surface area contributed by atoms with Crippen LogP contribution >= 0.6 is 22.9 Å². The lowest BCUT2D eigenvalue weighted by molar-refractivity contribution is -0.119. The van der Waals surface area contributed by atoms with Gasteiger partial charge in [0.15, 0.2) is 11.5 Å². The van der Waals surface area contributed by atoms with Gasteiger partial charge in [-0.2, -0.15) is 0 Å². The van der Waals surface area contributed by atoms with Gasteiger partial charge in [-0.1, -0.05) is 11.4 Å². The van der Waals surface area contributed by atoms with Gasteiger partial charge in [-0.25, -0.2) is 4.79 Å². The summed E-state index contributed by atoms with van der Waals surface area (Å²) < 4.78 is 8.58. The van der Waals surface area contributed by atoms with Crippen LogP contribution in [0.1, 0.15) is 32.6 Å². The maximum absolute atomic E-state index is 11.8. The summed E-state index contributed by atoms with van der Waals surface area (Å²) in [5.74, 6) is -1.85. The minimum Gasteiger partial charge on any atom is -0.451 e. The number of esters is 1. The normalized spacial score (nSPS) is 10.2. The second kappa shape index (κ2) is 7.09. The van der Waals surface area contributed by atoms with Crippen molar-refractivity contribution in [3.63, 3.8) is 0 Å². The van der Waals surface area contributed by atoms with Crippen molar-refractivity contribution in [2.75, 3.05) is 11.9 Å². The van der Waals surface area contributed by atoms with Gasteiger partial charge in [-0.05, 0) is 29.4 Å². The van der Waals surface area contributed by atoms with Crippen LogP contribution in [-0.2, 0) is 16.0 Å². The Morgan fingerprint density at radius 3 is 2.86 bits per heavy atom. The summed E-state index contributed by atoms with van der Waals surface area (Å²) in [4.78, 5) is 35.0. The van der Waals surface area contributed by atoms with Gasteiger partial charge in [0.1, 0.15) is 5.00 Å². The first kappa shape index (κ1) is 16.0. The van der Waals surface area contributed by atoms with Crippen LogP contribution in [0.15, 0.2) is 11.4 Å². The first-order valence-electron chi connectivity index (χ1n) is 6.18. The van der Waals surface area contributed by atoms with Crippen LogP contribution in [-0.4, -0.2) is 34.0 Å². The van der Waals surface area contributed by atoms with E-state index in [-0.39, 0.29) is 10.4 Å². The average Bonchev–Trinajstić information content (AvgIpc) is 3.12. The molecule has 0 fully saturated rings. The van der Waals surface area contributed by atoms with Crippen molar-refractivity contribution in [2.45, 2.75) is 13.3 Å². The van der Waals surface area contributed by atoms with E-state index in [0.717, 1.165) is 22.9 Å². The summed E-state index contributed by atoms with van der Waals surface area (Å²) in [5.41, 5.74) is 5.92. The number of hydrogen-bond donors (Lipinski definition) is 2. The van der Waals surface area contributed by atoms with Crippen molar-refractivity contribution in [1.29, 1.82) is 0 Å². The Labute approximate surface area is 133 Å². The molecule has 0 aliphatic rings. The lowest BCUT2D eigenvalue weighted by atomic mass is 10.3. The quantitative estimate of drug-likeness (QED) is 0.758. The van der Waals surface area contributed by atoms with Crippen molar-refractivity contribution in [3.05, 3.63) is 27.6 Å². The topological polar surface area (TPSA) is 124 Å². The van der Waals surface area contributed by atoms with Gasteiger partial charge < -0.3 is 15.8 Å². The van der Waals surface area contributed by atoms with Gasteiger partial charge in [-0.15, -0.1) is 16.4 Å². The van der Waals surface area contributed by atoms with E-state index in [1.54, 1.807) is 5.38 Å². The predicted molar refractivity (Wildman–Crippen MR) is 81.0 cm³/mol. The van der Waals surface area contributed by atoms with E-state index < -0.39 is 24.4 Å². The second-order valence-corrected chi connectivity index (χ2v) is 5.72. The highest BCUT2D eigenvalue weighted by Gasteiger charge is 2.18. The highest BCUT2D eigenvalue weighted by atomic mass is 32.1. The fourth-order valence-electron chi connectivity index (χ4n) is 1.55. The fraction of sp³-hybridized carbons (Fsp3) is 0.250. The van der Waals surface area contributed by atoms with Gasteiger partial charge in [0.25, 0.3) is 11.8 Å². The Morgan fingerprint density at radius 1 is 1.41 bits per heavy atom. The first-order chi connectivity index (χ1) is 10.5. The molecule has 0 saturated heterocycles. The Bertz CT molecular complexity index is 710. The van der Waals surface area contributed by atoms with Crippen LogP contribution in [0.3, 0.4) is 0 Å². The second-order valence-electron chi connectivity index (χ2n) is 4.05. The number of anilines is 1. The Balaban J connectivity index is 1.92. The zero-order valence-corrected chi connectivity index (χ0v) is 13.1. The summed E-state index contributed by atoms with van der Waals surface area (Å²) in [7, 11) is 0. The minimum atomic E-state index is -0.650. The lowest BCUT2D eigenvalue weighted by Gasteiger charge is -2.05. The summed E-state index contributed by atoms with van der Waals surface area (Å²) in [6, 6.07) is 1.51. The molecule has 2 rings (SSSR count). The highest BCUT2D eigenvalue weighted by molar-refractivity contribution is 7.14. The Morgan fingerprint density at radius 2 is 2.18 bits per heavy atom. The molecule has 0 spiro atoms. The first-order valence-corrected chi connectivity index (χ1v) is 7.83. The molecule has 0 aliphatic heterocycles. The lowest BCUT2D eigenvalue weighted by Crippen LogP contribution is -2.22. The smallest absolute Gasteiger partial charge is 0.352 e. The fourth-order valence-corrected chi connectivity index (χ4v) is 3.01. The number of hydrogen-bond acceptors (Lipinski definition) is 8. The van der Waals surface area contributed by atoms with Crippen LogP contribution in [0.5, 0.6) is 0 Å². The van der Waals surface area contributed by atoms with Gasteiger partial charge in [0.05, 0.1) is 11.3 Å². The number of primary amides is 1. The third-order valence-electron chi connectivity index (χ3n) is 2.59. The molecular formula is C12H12N4O4S2. The number of nitrogens with two attached hydrogens (primary N) is 1. The summed E-state index contributed by atoms with van der Waals surface area (Å²) in [6.45, 7) is 1.36. The van der Waals surface area contributed by atoms with E-state index in [1.807, 2.05) is 6.92 Å². The van der Waals surface area contributed by atoms with E-state index in [9.17, 15) is 14.4 Å². The molecule has 0 saturated carbocycles. The maximum atomic E-state index is 11.8. The minimum absolute atomic E-state index is 0.213. The van der Waals surface area contributed by atoms with E-state index in [1.165, 1.54) is 6.07 Å². The monoisotopic (exact) mass is 340 g/mol. The average molecular weight is 340 g/mol. The molecule has 0 unspecified atom stereocenters. The molecule has 2 aromatic heterocycles. The predicted octanol–water partition coefficient (Wildman–Crippen LogP) is 1.06. The number of aromatic nitrogens is 2. The van der Waals surface area contributed by atoms with Gasteiger partial charge in [0.2, 0.25) is 0 Å². The number of carbonyl (C=O) groups excluding carboxylic acids is 3. The van der Waals surface area contributed by atoms with Crippen LogP contribution in [0.2, 0.25) is 0 Å². The number of rotatable bonds is 6. The molecule has 2 amide bonds. The van der Waals surface area contributed by atoms with Crippen LogP contribution in [0.25, 0.3) is 0 Å². The molecule has 0 atom stereocenters. The Hall–Kier alpha value is -2.33. The molecule has 2 heterocycles. The zero-order valence-electron chi connectivity index (χ0n) is 11.5. The van der Waals surface area contributed by atoms with Gasteiger partial charge in [0, 0.05) is 0 Å². The van der Waals surface area contributed by atoms with E-state index in [2.05, 4.69) is 14.9 Å². The standard InChI is InChI=1S/C12H12N4O4S2/c1-2-7-9(22-16-15-7)12(19)20-5-8(17)14-11-6(10(13)18)3-4-21-11/h3-4H,2,5H2,1H3,(H2,13,18)(H,14,17). The molecule has 8 nitrogen and oxygen atoms in total. The molecule has 3 N–H and O–H groups in total. The van der Waals surface area contributed by atoms with Crippen molar-refractivity contribution < 1.29 is 19.1 Å². The summed E-state index contributed by atoms with van der Waals surface area (Å²) in [6.07, 6.45) is 0.546.